The molecule has 2 aliphatic rings. The topological polar surface area (TPSA) is 155 Å². The Hall–Kier alpha value is -3.48. The molecule has 0 spiro atoms. The zero-order chi connectivity index (χ0) is 30.0. The molecule has 12 nitrogen and oxygen atoms in total. The van der Waals surface area contributed by atoms with E-state index < -0.39 is 18.2 Å². The minimum Gasteiger partial charge on any atom is -0.497 e. The quantitative estimate of drug-likeness (QED) is 0.235. The molecule has 5 rings (SSSR count). The van der Waals surface area contributed by atoms with Gasteiger partial charge in [0.25, 0.3) is 0 Å². The van der Waals surface area contributed by atoms with E-state index in [2.05, 4.69) is 39.0 Å². The Bertz CT molecular complexity index is 1380. The summed E-state index contributed by atoms with van der Waals surface area (Å²) in [5.74, 6) is 1.54. The molecule has 0 radical (unpaired) electrons. The van der Waals surface area contributed by atoms with Gasteiger partial charge in [-0.05, 0) is 57.6 Å². The van der Waals surface area contributed by atoms with Crippen molar-refractivity contribution in [3.05, 3.63) is 36.4 Å². The molecular weight excluding hydrogens is 540 g/mol. The summed E-state index contributed by atoms with van der Waals surface area (Å²) >= 11 is 0. The molecule has 2 fully saturated rings. The maximum absolute atomic E-state index is 11.2. The van der Waals surface area contributed by atoms with Gasteiger partial charge in [-0.3, -0.25) is 9.69 Å². The van der Waals surface area contributed by atoms with Crippen LogP contribution in [-0.4, -0.2) is 90.8 Å². The monoisotopic (exact) mass is 582 g/mol. The zero-order valence-corrected chi connectivity index (χ0v) is 24.7. The minimum atomic E-state index is -0.957. The Kier molecular flexibility index (Phi) is 9.14. The molecule has 4 N–H and O–H groups in total. The highest BCUT2D eigenvalue weighted by molar-refractivity contribution is 5.82. The molecule has 2 aromatic heterocycles. The summed E-state index contributed by atoms with van der Waals surface area (Å²) in [6.07, 6.45) is 4.76. The van der Waals surface area contributed by atoms with Crippen molar-refractivity contribution in [2.24, 2.45) is 11.8 Å². The van der Waals surface area contributed by atoms with Crippen LogP contribution < -0.4 is 14.8 Å². The van der Waals surface area contributed by atoms with E-state index in [1.165, 1.54) is 6.33 Å². The third kappa shape index (κ3) is 6.16. The van der Waals surface area contributed by atoms with Crippen LogP contribution in [0.3, 0.4) is 0 Å². The lowest BCUT2D eigenvalue weighted by Crippen LogP contribution is -2.51. The van der Waals surface area contributed by atoms with Crippen molar-refractivity contribution in [3.8, 4) is 11.5 Å². The highest BCUT2D eigenvalue weighted by Gasteiger charge is 2.45. The number of benzene rings is 1. The summed E-state index contributed by atoms with van der Waals surface area (Å²) < 4.78 is 12.7. The van der Waals surface area contributed by atoms with Crippen molar-refractivity contribution in [2.45, 2.75) is 82.8 Å². The van der Waals surface area contributed by atoms with Crippen LogP contribution in [-0.2, 0) is 11.3 Å². The van der Waals surface area contributed by atoms with Crippen molar-refractivity contribution in [2.75, 3.05) is 26.1 Å². The molecule has 0 bridgehead atoms. The van der Waals surface area contributed by atoms with Gasteiger partial charge in [-0.2, -0.15) is 0 Å². The summed E-state index contributed by atoms with van der Waals surface area (Å²) in [5.41, 5.74) is 2.10. The van der Waals surface area contributed by atoms with Crippen LogP contribution in [0, 0.1) is 11.8 Å². The Labute approximate surface area is 245 Å². The van der Waals surface area contributed by atoms with Crippen molar-refractivity contribution in [3.63, 3.8) is 0 Å². The molecule has 2 saturated carbocycles. The smallest absolute Gasteiger partial charge is 0.303 e. The van der Waals surface area contributed by atoms with Crippen molar-refractivity contribution in [1.29, 1.82) is 0 Å². The third-order valence-corrected chi connectivity index (χ3v) is 8.98. The number of aromatic nitrogens is 4. The number of fused-ring (bicyclic) bond motifs is 1. The molecule has 42 heavy (non-hydrogen) atoms. The van der Waals surface area contributed by atoms with Gasteiger partial charge in [0.15, 0.2) is 11.5 Å². The van der Waals surface area contributed by atoms with Crippen LogP contribution in [0.15, 0.2) is 30.9 Å². The highest BCUT2D eigenvalue weighted by Crippen LogP contribution is 2.41. The minimum absolute atomic E-state index is 0.120. The lowest BCUT2D eigenvalue weighted by molar-refractivity contribution is -0.137. The van der Waals surface area contributed by atoms with E-state index in [-0.39, 0.29) is 24.4 Å². The van der Waals surface area contributed by atoms with Gasteiger partial charge in [0.2, 0.25) is 0 Å². The Balaban J connectivity index is 1.27. The van der Waals surface area contributed by atoms with Crippen molar-refractivity contribution >= 4 is 23.0 Å². The number of nitrogens with zero attached hydrogens (tertiary/aromatic N) is 5. The summed E-state index contributed by atoms with van der Waals surface area (Å²) in [6.45, 7) is 5.41. The van der Waals surface area contributed by atoms with E-state index in [1.54, 1.807) is 20.5 Å². The first-order valence-corrected chi connectivity index (χ1v) is 14.7. The summed E-state index contributed by atoms with van der Waals surface area (Å²) in [5, 5.41) is 34.6. The molecule has 3 aromatic rings. The van der Waals surface area contributed by atoms with Crippen LogP contribution >= 0.6 is 0 Å². The standard InChI is InChI=1S/C30H42N6O6/c1-17(2)35(21-9-18(10-21)5-8-25(37)38)14-20-11-23(28(40)27(20)39)36-16-34-26-29(32-15-33-30(26)36)31-13-19-6-7-22(41-3)12-24(19)42-4/h6-7,12,15-18,20-21,23,27-28,39-40H,5,8-11,13-14H2,1-4H3,(H,37,38)(H,31,32,33)/t18?,20-,21?,23-,27-,28+/m1/s1. The molecule has 0 saturated heterocycles. The van der Waals surface area contributed by atoms with Crippen LogP contribution in [0.2, 0.25) is 0 Å². The molecule has 228 valence electrons. The number of hydrogen-bond acceptors (Lipinski definition) is 10. The number of hydrogen-bond donors (Lipinski definition) is 4. The van der Waals surface area contributed by atoms with E-state index in [9.17, 15) is 15.0 Å². The van der Waals surface area contributed by atoms with Crippen LogP contribution in [0.25, 0.3) is 11.2 Å². The van der Waals surface area contributed by atoms with Crippen molar-refractivity contribution < 1.29 is 29.6 Å². The molecule has 12 heteroatoms. The molecule has 2 heterocycles. The van der Waals surface area contributed by atoms with Crippen molar-refractivity contribution in [1.82, 2.24) is 24.4 Å². The fraction of sp³-hybridized carbons (Fsp3) is 0.600. The van der Waals surface area contributed by atoms with Crippen LogP contribution in [0.1, 0.15) is 57.6 Å². The highest BCUT2D eigenvalue weighted by atomic mass is 16.5. The number of aliphatic hydroxyl groups is 2. The summed E-state index contributed by atoms with van der Waals surface area (Å²) in [4.78, 5) is 26.8. The van der Waals surface area contributed by atoms with Gasteiger partial charge < -0.3 is 34.7 Å². The van der Waals surface area contributed by atoms with Crippen LogP contribution in [0.5, 0.6) is 11.5 Å². The maximum Gasteiger partial charge on any atom is 0.303 e. The number of carbonyl (C=O) groups is 1. The maximum atomic E-state index is 11.2. The average Bonchev–Trinajstić information content (AvgIpc) is 3.50. The predicted octanol–water partition coefficient (Wildman–Crippen LogP) is 3.09. The lowest BCUT2D eigenvalue weighted by atomic mass is 9.76. The molecule has 0 unspecified atom stereocenters. The first-order valence-electron chi connectivity index (χ1n) is 14.7. The van der Waals surface area contributed by atoms with Gasteiger partial charge in [0.05, 0.1) is 32.7 Å². The van der Waals surface area contributed by atoms with E-state index in [0.717, 1.165) is 18.4 Å². The number of ether oxygens (including phenoxy) is 2. The number of nitrogens with one attached hydrogen (secondary N) is 1. The first-order chi connectivity index (χ1) is 20.2. The Morgan fingerprint density at radius 3 is 2.60 bits per heavy atom. The predicted molar refractivity (Wildman–Crippen MR) is 157 cm³/mol. The molecule has 0 amide bonds. The van der Waals surface area contributed by atoms with Gasteiger partial charge in [-0.1, -0.05) is 0 Å². The average molecular weight is 583 g/mol. The normalized spacial score (nSPS) is 25.6. The van der Waals surface area contributed by atoms with Gasteiger partial charge in [0.1, 0.15) is 29.4 Å². The Morgan fingerprint density at radius 2 is 1.90 bits per heavy atom. The number of methoxy groups -OCH3 is 2. The number of carboxylic acid groups (broad SMARTS) is 1. The number of aliphatic carboxylic acids is 1. The van der Waals surface area contributed by atoms with Gasteiger partial charge in [0, 0.05) is 49.1 Å². The van der Waals surface area contributed by atoms with E-state index >= 15 is 0 Å². The number of carboxylic acids is 1. The molecule has 1 aromatic carbocycles. The largest absolute Gasteiger partial charge is 0.497 e. The second-order valence-corrected chi connectivity index (χ2v) is 11.8. The van der Waals surface area contributed by atoms with E-state index in [4.69, 9.17) is 14.6 Å². The van der Waals surface area contributed by atoms with Gasteiger partial charge >= 0.3 is 5.97 Å². The van der Waals surface area contributed by atoms with Gasteiger partial charge in [-0.15, -0.1) is 0 Å². The molecule has 2 aliphatic carbocycles. The zero-order valence-electron chi connectivity index (χ0n) is 24.7. The number of anilines is 1. The Morgan fingerprint density at radius 1 is 1.12 bits per heavy atom. The van der Waals surface area contributed by atoms with Gasteiger partial charge in [-0.25, -0.2) is 15.0 Å². The third-order valence-electron chi connectivity index (χ3n) is 8.98. The van der Waals surface area contributed by atoms with E-state index in [0.29, 0.717) is 66.4 Å². The second-order valence-electron chi connectivity index (χ2n) is 11.8. The number of aliphatic hydroxyl groups excluding tert-OH is 2. The number of rotatable bonds is 13. The summed E-state index contributed by atoms with van der Waals surface area (Å²) in [7, 11) is 3.22. The first kappa shape index (κ1) is 30.0. The molecular formula is C30H42N6O6. The molecule has 4 atom stereocenters. The molecule has 0 aliphatic heterocycles. The second kappa shape index (κ2) is 12.8. The van der Waals surface area contributed by atoms with Crippen LogP contribution in [0.4, 0.5) is 5.82 Å². The fourth-order valence-electron chi connectivity index (χ4n) is 6.54. The SMILES string of the molecule is COc1ccc(CNc2ncnc3c2ncn3[C@@H]2C[C@H](CN(C(C)C)C3CC(CCC(=O)O)C3)[C@@H](O)[C@H]2O)c(OC)c1. The van der Waals surface area contributed by atoms with E-state index in [1.807, 2.05) is 22.8 Å². The lowest BCUT2D eigenvalue weighted by Gasteiger charge is -2.46. The summed E-state index contributed by atoms with van der Waals surface area (Å²) in [6, 6.07) is 5.89. The fourth-order valence-corrected chi connectivity index (χ4v) is 6.54. The number of imidazole rings is 1.